The van der Waals surface area contributed by atoms with Crippen molar-refractivity contribution in [3.63, 3.8) is 0 Å². The van der Waals surface area contributed by atoms with E-state index < -0.39 is 12.3 Å². The molecule has 10 heavy (non-hydrogen) atoms. The largest absolute Gasteiger partial charge is 0.376 e. The van der Waals surface area contributed by atoms with E-state index in [4.69, 9.17) is 10.8 Å². The fourth-order valence-corrected chi connectivity index (χ4v) is 0.728. The molecule has 0 rings (SSSR count). The molecule has 0 aliphatic carbocycles. The number of aliphatic hydroxyl groups excluding tert-OH is 1. The molecule has 0 spiro atoms. The Balaban J connectivity index is 3.71. The smallest absolute Gasteiger partial charge is 0.131 e. The highest BCUT2D eigenvalue weighted by molar-refractivity contribution is 4.71. The Bertz CT molecular complexity index is 104. The van der Waals surface area contributed by atoms with Crippen molar-refractivity contribution in [1.82, 2.24) is 0 Å². The number of hydrogen-bond donors (Lipinski definition) is 2. The molecule has 0 saturated carbocycles. The molecule has 0 saturated heterocycles. The Hall–Kier alpha value is -0.480. The lowest BCUT2D eigenvalue weighted by Gasteiger charge is -2.13. The van der Waals surface area contributed by atoms with Gasteiger partial charge < -0.3 is 10.8 Å². The summed E-state index contributed by atoms with van der Waals surface area (Å²) >= 11 is 0. The minimum Gasteiger partial charge on any atom is -0.376 e. The summed E-state index contributed by atoms with van der Waals surface area (Å²) in [6.45, 7) is 3.89. The van der Waals surface area contributed by atoms with Gasteiger partial charge in [-0.15, -0.1) is 0 Å². The first-order valence-electron chi connectivity index (χ1n) is 3.34. The molecule has 0 aliphatic heterocycles. The zero-order chi connectivity index (χ0) is 8.15. The van der Waals surface area contributed by atoms with Crippen LogP contribution in [-0.2, 0) is 0 Å². The summed E-state index contributed by atoms with van der Waals surface area (Å²) < 4.78 is 0. The number of aliphatic hydroxyl groups is 1. The van der Waals surface area contributed by atoms with E-state index in [-0.39, 0.29) is 0 Å². The van der Waals surface area contributed by atoms with Crippen molar-refractivity contribution >= 4 is 0 Å². The van der Waals surface area contributed by atoms with Gasteiger partial charge in [0.15, 0.2) is 0 Å². The van der Waals surface area contributed by atoms with Gasteiger partial charge in [-0.3, -0.25) is 0 Å². The maximum Gasteiger partial charge on any atom is 0.131 e. The Morgan fingerprint density at radius 3 is 2.20 bits per heavy atom. The molecule has 0 aromatic heterocycles. The van der Waals surface area contributed by atoms with Crippen LogP contribution in [0.15, 0.2) is 5.18 Å². The second kappa shape index (κ2) is 4.35. The van der Waals surface area contributed by atoms with Crippen molar-refractivity contribution in [1.29, 1.82) is 0 Å². The normalized spacial score (nSPS) is 16.9. The predicted molar refractivity (Wildman–Crippen MR) is 39.2 cm³/mol. The number of rotatable bonds is 4. The standard InChI is InChI=1S/C6H14N2O2/c1-4(2)3-5(8-10)6(7)9/h4-6,9H,3,7H2,1-2H3. The average molecular weight is 146 g/mol. The van der Waals surface area contributed by atoms with E-state index in [1.165, 1.54) is 0 Å². The molecule has 4 heteroatoms. The van der Waals surface area contributed by atoms with Crippen LogP contribution in [0.5, 0.6) is 0 Å². The van der Waals surface area contributed by atoms with Crippen molar-refractivity contribution < 1.29 is 5.11 Å². The number of nitroso groups, excluding NO2 is 1. The summed E-state index contributed by atoms with van der Waals surface area (Å²) in [5.41, 5.74) is 5.06. The molecular weight excluding hydrogens is 132 g/mol. The van der Waals surface area contributed by atoms with Crippen LogP contribution in [0.2, 0.25) is 0 Å². The molecular formula is C6H14N2O2. The van der Waals surface area contributed by atoms with Crippen LogP contribution in [0.25, 0.3) is 0 Å². The van der Waals surface area contributed by atoms with Crippen LogP contribution in [0.3, 0.4) is 0 Å². The zero-order valence-corrected chi connectivity index (χ0v) is 6.32. The Morgan fingerprint density at radius 2 is 2.10 bits per heavy atom. The van der Waals surface area contributed by atoms with E-state index in [1.807, 2.05) is 13.8 Å². The highest BCUT2D eigenvalue weighted by Crippen LogP contribution is 2.08. The Morgan fingerprint density at radius 1 is 1.60 bits per heavy atom. The molecule has 0 aromatic rings. The summed E-state index contributed by atoms with van der Waals surface area (Å²) in [7, 11) is 0. The highest BCUT2D eigenvalue weighted by atomic mass is 16.3. The molecule has 0 fully saturated rings. The van der Waals surface area contributed by atoms with E-state index >= 15 is 0 Å². The van der Waals surface area contributed by atoms with Gasteiger partial charge in [0, 0.05) is 0 Å². The molecule has 2 atom stereocenters. The van der Waals surface area contributed by atoms with Gasteiger partial charge in [-0.05, 0) is 12.3 Å². The van der Waals surface area contributed by atoms with E-state index in [9.17, 15) is 4.91 Å². The van der Waals surface area contributed by atoms with E-state index in [0.717, 1.165) is 0 Å². The molecule has 4 nitrogen and oxygen atoms in total. The maximum absolute atomic E-state index is 9.99. The summed E-state index contributed by atoms with van der Waals surface area (Å²) in [5, 5.41) is 11.4. The third kappa shape index (κ3) is 3.53. The van der Waals surface area contributed by atoms with E-state index in [1.54, 1.807) is 0 Å². The van der Waals surface area contributed by atoms with Crippen LogP contribution in [-0.4, -0.2) is 17.4 Å². The molecule has 0 aliphatic rings. The Labute approximate surface area is 60.4 Å². The van der Waals surface area contributed by atoms with Crippen molar-refractivity contribution in [3.05, 3.63) is 4.91 Å². The molecule has 0 heterocycles. The lowest BCUT2D eigenvalue weighted by Crippen LogP contribution is -2.33. The second-order valence-corrected chi connectivity index (χ2v) is 2.79. The molecule has 0 amide bonds. The molecule has 0 aromatic carbocycles. The zero-order valence-electron chi connectivity index (χ0n) is 6.32. The first kappa shape index (κ1) is 9.52. The molecule has 0 bridgehead atoms. The van der Waals surface area contributed by atoms with Crippen LogP contribution < -0.4 is 5.73 Å². The van der Waals surface area contributed by atoms with Crippen molar-refractivity contribution in [2.24, 2.45) is 16.8 Å². The minimum atomic E-state index is -1.11. The summed E-state index contributed by atoms with van der Waals surface area (Å²) in [5.74, 6) is 0.334. The quantitative estimate of drug-likeness (QED) is 0.446. The number of nitrogens with zero attached hydrogens (tertiary/aromatic N) is 1. The van der Waals surface area contributed by atoms with Crippen molar-refractivity contribution in [2.45, 2.75) is 32.5 Å². The predicted octanol–water partition coefficient (Wildman–Crippen LogP) is 0.445. The van der Waals surface area contributed by atoms with Crippen molar-refractivity contribution in [3.8, 4) is 0 Å². The third-order valence-electron chi connectivity index (χ3n) is 1.24. The first-order chi connectivity index (χ1) is 4.57. The van der Waals surface area contributed by atoms with Crippen LogP contribution in [0.1, 0.15) is 20.3 Å². The van der Waals surface area contributed by atoms with Gasteiger partial charge in [0.1, 0.15) is 12.3 Å². The van der Waals surface area contributed by atoms with E-state index in [2.05, 4.69) is 5.18 Å². The first-order valence-corrected chi connectivity index (χ1v) is 3.34. The maximum atomic E-state index is 9.99. The van der Waals surface area contributed by atoms with Crippen LogP contribution in [0, 0.1) is 10.8 Å². The second-order valence-electron chi connectivity index (χ2n) is 2.79. The van der Waals surface area contributed by atoms with Crippen LogP contribution >= 0.6 is 0 Å². The number of nitrogens with two attached hydrogens (primary N) is 1. The monoisotopic (exact) mass is 146 g/mol. The lowest BCUT2D eigenvalue weighted by atomic mass is 10.0. The summed E-state index contributed by atoms with van der Waals surface area (Å²) in [4.78, 5) is 9.99. The summed E-state index contributed by atoms with van der Waals surface area (Å²) in [6.07, 6.45) is -0.568. The Kier molecular flexibility index (Phi) is 4.14. The molecule has 60 valence electrons. The molecule has 3 N–H and O–H groups in total. The number of hydrogen-bond acceptors (Lipinski definition) is 4. The van der Waals surface area contributed by atoms with Gasteiger partial charge in [-0.25, -0.2) is 0 Å². The summed E-state index contributed by atoms with van der Waals surface area (Å²) in [6, 6.07) is -0.653. The van der Waals surface area contributed by atoms with Gasteiger partial charge in [-0.2, -0.15) is 4.91 Å². The van der Waals surface area contributed by atoms with Crippen LogP contribution in [0.4, 0.5) is 0 Å². The SMILES string of the molecule is CC(C)CC(N=O)C(N)O. The van der Waals surface area contributed by atoms with Gasteiger partial charge >= 0.3 is 0 Å². The van der Waals surface area contributed by atoms with Gasteiger partial charge in [0.2, 0.25) is 0 Å². The molecule has 0 radical (unpaired) electrons. The average Bonchev–Trinajstić information content (AvgIpc) is 1.81. The van der Waals surface area contributed by atoms with Gasteiger partial charge in [0.05, 0.1) is 0 Å². The fraction of sp³-hybridized carbons (Fsp3) is 1.00. The van der Waals surface area contributed by atoms with Gasteiger partial charge in [-0.1, -0.05) is 19.0 Å². The van der Waals surface area contributed by atoms with Gasteiger partial charge in [0.25, 0.3) is 0 Å². The fourth-order valence-electron chi connectivity index (χ4n) is 0.728. The highest BCUT2D eigenvalue weighted by Gasteiger charge is 2.16. The molecule has 2 unspecified atom stereocenters. The van der Waals surface area contributed by atoms with E-state index in [0.29, 0.717) is 12.3 Å². The topological polar surface area (TPSA) is 75.7 Å². The third-order valence-corrected chi connectivity index (χ3v) is 1.24. The lowest BCUT2D eigenvalue weighted by molar-refractivity contribution is 0.141. The minimum absolute atomic E-state index is 0.334. The van der Waals surface area contributed by atoms with Crippen molar-refractivity contribution in [2.75, 3.05) is 0 Å².